The third-order valence-corrected chi connectivity index (χ3v) is 4.87. The van der Waals surface area contributed by atoms with Crippen LogP contribution < -0.4 is 10.1 Å². The first kappa shape index (κ1) is 17.9. The van der Waals surface area contributed by atoms with Gasteiger partial charge in [-0.3, -0.25) is 4.79 Å². The molecule has 1 amide bonds. The molecular formula is C22H21N3O3. The van der Waals surface area contributed by atoms with Gasteiger partial charge in [-0.15, -0.1) is 0 Å². The lowest BCUT2D eigenvalue weighted by atomic mass is 10.0. The number of fused-ring (bicyclic) bond motifs is 1. The Hall–Kier alpha value is -3.54. The molecule has 28 heavy (non-hydrogen) atoms. The number of rotatable bonds is 5. The number of hydrogen-bond donors (Lipinski definition) is 1. The van der Waals surface area contributed by atoms with Gasteiger partial charge in [0.2, 0.25) is 0 Å². The SMILES string of the molecule is COc1cccc([C@@H](NC(=O)c2oc3ccccc3c2C)c2nccn2C)c1. The van der Waals surface area contributed by atoms with Crippen molar-refractivity contribution in [1.29, 1.82) is 0 Å². The number of aromatic nitrogens is 2. The Morgan fingerprint density at radius 3 is 2.75 bits per heavy atom. The number of nitrogens with zero attached hydrogens (tertiary/aromatic N) is 2. The molecule has 142 valence electrons. The number of para-hydroxylation sites is 1. The third kappa shape index (κ3) is 3.13. The average Bonchev–Trinajstić information content (AvgIpc) is 3.29. The van der Waals surface area contributed by atoms with Crippen molar-refractivity contribution in [1.82, 2.24) is 14.9 Å². The fourth-order valence-corrected chi connectivity index (χ4v) is 3.36. The van der Waals surface area contributed by atoms with Crippen LogP contribution in [0.1, 0.15) is 33.5 Å². The molecule has 0 saturated heterocycles. The maximum Gasteiger partial charge on any atom is 0.288 e. The zero-order valence-corrected chi connectivity index (χ0v) is 16.0. The van der Waals surface area contributed by atoms with Crippen molar-refractivity contribution in [3.8, 4) is 5.75 Å². The smallest absolute Gasteiger partial charge is 0.288 e. The van der Waals surface area contributed by atoms with E-state index in [-0.39, 0.29) is 5.91 Å². The second kappa shape index (κ2) is 7.23. The largest absolute Gasteiger partial charge is 0.497 e. The van der Waals surface area contributed by atoms with Crippen LogP contribution in [0.4, 0.5) is 0 Å². The highest BCUT2D eigenvalue weighted by Crippen LogP contribution is 2.28. The van der Waals surface area contributed by atoms with Crippen molar-refractivity contribution in [2.75, 3.05) is 7.11 Å². The number of methoxy groups -OCH3 is 1. The van der Waals surface area contributed by atoms with Crippen LogP contribution in [0.5, 0.6) is 5.75 Å². The summed E-state index contributed by atoms with van der Waals surface area (Å²) in [5, 5.41) is 4.01. The van der Waals surface area contributed by atoms with Gasteiger partial charge in [0, 0.05) is 30.4 Å². The van der Waals surface area contributed by atoms with Crippen LogP contribution >= 0.6 is 0 Å². The van der Waals surface area contributed by atoms with Crippen LogP contribution in [0, 0.1) is 6.92 Å². The molecule has 2 aromatic carbocycles. The average molecular weight is 375 g/mol. The van der Waals surface area contributed by atoms with Gasteiger partial charge >= 0.3 is 0 Å². The molecule has 1 atom stereocenters. The molecule has 2 heterocycles. The highest BCUT2D eigenvalue weighted by atomic mass is 16.5. The number of ether oxygens (including phenoxy) is 1. The number of hydrogen-bond acceptors (Lipinski definition) is 4. The lowest BCUT2D eigenvalue weighted by Crippen LogP contribution is -2.31. The summed E-state index contributed by atoms with van der Waals surface area (Å²) < 4.78 is 13.1. The first-order valence-corrected chi connectivity index (χ1v) is 8.98. The van der Waals surface area contributed by atoms with Crippen molar-refractivity contribution in [2.24, 2.45) is 7.05 Å². The predicted octanol–water partition coefficient (Wildman–Crippen LogP) is 4.00. The summed E-state index contributed by atoms with van der Waals surface area (Å²) in [5.41, 5.74) is 2.38. The Kier molecular flexibility index (Phi) is 4.61. The molecule has 4 aromatic rings. The number of amides is 1. The van der Waals surface area contributed by atoms with Crippen molar-refractivity contribution in [3.63, 3.8) is 0 Å². The van der Waals surface area contributed by atoms with E-state index in [0.717, 1.165) is 22.3 Å². The van der Waals surface area contributed by atoms with E-state index in [1.165, 1.54) is 0 Å². The summed E-state index contributed by atoms with van der Waals surface area (Å²) in [7, 11) is 3.51. The summed E-state index contributed by atoms with van der Waals surface area (Å²) >= 11 is 0. The molecule has 0 aliphatic heterocycles. The standard InChI is InChI=1S/C22H21N3O3/c1-14-17-9-4-5-10-18(17)28-20(14)22(26)24-19(21-23-11-12-25(21)2)15-7-6-8-16(13-15)27-3/h4-13,19H,1-3H3,(H,24,26)/t19-/m1/s1. The van der Waals surface area contributed by atoms with Crippen molar-refractivity contribution >= 4 is 16.9 Å². The van der Waals surface area contributed by atoms with E-state index in [1.807, 2.05) is 73.3 Å². The molecule has 2 aromatic heterocycles. The molecule has 0 bridgehead atoms. The molecule has 4 rings (SSSR count). The molecule has 0 unspecified atom stereocenters. The highest BCUT2D eigenvalue weighted by Gasteiger charge is 2.25. The quantitative estimate of drug-likeness (QED) is 0.572. The van der Waals surface area contributed by atoms with E-state index >= 15 is 0 Å². The van der Waals surface area contributed by atoms with E-state index in [2.05, 4.69) is 10.3 Å². The maximum atomic E-state index is 13.1. The molecule has 0 fully saturated rings. The van der Waals surface area contributed by atoms with E-state index in [4.69, 9.17) is 9.15 Å². The van der Waals surface area contributed by atoms with Gasteiger partial charge in [0.05, 0.1) is 7.11 Å². The van der Waals surface area contributed by atoms with Gasteiger partial charge in [0.25, 0.3) is 5.91 Å². The maximum absolute atomic E-state index is 13.1. The summed E-state index contributed by atoms with van der Waals surface area (Å²) in [6, 6.07) is 14.8. The highest BCUT2D eigenvalue weighted by molar-refractivity contribution is 5.99. The Morgan fingerprint density at radius 1 is 1.21 bits per heavy atom. The zero-order valence-electron chi connectivity index (χ0n) is 16.0. The molecule has 0 aliphatic carbocycles. The Bertz CT molecular complexity index is 1140. The number of furan rings is 1. The van der Waals surface area contributed by atoms with Crippen LogP contribution in [0.15, 0.2) is 65.3 Å². The lowest BCUT2D eigenvalue weighted by Gasteiger charge is -2.19. The first-order chi connectivity index (χ1) is 13.6. The molecule has 0 spiro atoms. The van der Waals surface area contributed by atoms with Gasteiger partial charge in [0.15, 0.2) is 5.76 Å². The second-order valence-corrected chi connectivity index (χ2v) is 6.63. The number of carbonyl (C=O) groups is 1. The summed E-state index contributed by atoms with van der Waals surface area (Å²) in [6.07, 6.45) is 3.56. The second-order valence-electron chi connectivity index (χ2n) is 6.63. The number of nitrogens with one attached hydrogen (secondary N) is 1. The monoisotopic (exact) mass is 375 g/mol. The molecule has 6 heteroatoms. The Balaban J connectivity index is 1.73. The number of carbonyl (C=O) groups excluding carboxylic acids is 1. The van der Waals surface area contributed by atoms with Crippen molar-refractivity contribution in [3.05, 3.63) is 83.6 Å². The van der Waals surface area contributed by atoms with E-state index in [0.29, 0.717) is 17.1 Å². The summed E-state index contributed by atoms with van der Waals surface area (Å²) in [6.45, 7) is 1.89. The van der Waals surface area contributed by atoms with Crippen molar-refractivity contribution in [2.45, 2.75) is 13.0 Å². The molecule has 0 radical (unpaired) electrons. The van der Waals surface area contributed by atoms with Gasteiger partial charge in [-0.05, 0) is 30.7 Å². The fraction of sp³-hybridized carbons (Fsp3) is 0.182. The van der Waals surface area contributed by atoms with Gasteiger partial charge in [0.1, 0.15) is 23.2 Å². The van der Waals surface area contributed by atoms with Gasteiger partial charge in [-0.2, -0.15) is 0 Å². The number of aryl methyl sites for hydroxylation is 2. The molecular weight excluding hydrogens is 354 g/mol. The van der Waals surface area contributed by atoms with E-state index in [1.54, 1.807) is 13.3 Å². The van der Waals surface area contributed by atoms with Crippen LogP contribution in [0.25, 0.3) is 11.0 Å². The third-order valence-electron chi connectivity index (χ3n) is 4.87. The van der Waals surface area contributed by atoms with Gasteiger partial charge in [-0.25, -0.2) is 4.98 Å². The molecule has 0 aliphatic rings. The van der Waals surface area contributed by atoms with Crippen LogP contribution in [-0.2, 0) is 7.05 Å². The van der Waals surface area contributed by atoms with Crippen molar-refractivity contribution < 1.29 is 13.9 Å². The van der Waals surface area contributed by atoms with Gasteiger partial charge in [-0.1, -0.05) is 30.3 Å². The summed E-state index contributed by atoms with van der Waals surface area (Å²) in [5.74, 6) is 1.45. The molecule has 6 nitrogen and oxygen atoms in total. The van der Waals surface area contributed by atoms with E-state index < -0.39 is 6.04 Å². The minimum absolute atomic E-state index is 0.287. The zero-order chi connectivity index (χ0) is 19.7. The minimum atomic E-state index is -0.449. The lowest BCUT2D eigenvalue weighted by molar-refractivity contribution is 0.0914. The fourth-order valence-electron chi connectivity index (χ4n) is 3.36. The number of imidazole rings is 1. The van der Waals surface area contributed by atoms with Crippen LogP contribution in [0.3, 0.4) is 0 Å². The topological polar surface area (TPSA) is 69.3 Å². The normalized spacial score (nSPS) is 12.1. The first-order valence-electron chi connectivity index (χ1n) is 8.98. The molecule has 0 saturated carbocycles. The summed E-state index contributed by atoms with van der Waals surface area (Å²) in [4.78, 5) is 17.5. The minimum Gasteiger partial charge on any atom is -0.497 e. The predicted molar refractivity (Wildman–Crippen MR) is 106 cm³/mol. The van der Waals surface area contributed by atoms with E-state index in [9.17, 15) is 4.79 Å². The van der Waals surface area contributed by atoms with Crippen LogP contribution in [0.2, 0.25) is 0 Å². The Labute approximate surface area is 162 Å². The Morgan fingerprint density at radius 2 is 2.04 bits per heavy atom. The molecule has 1 N–H and O–H groups in total. The van der Waals surface area contributed by atoms with Crippen LogP contribution in [-0.4, -0.2) is 22.6 Å². The number of benzene rings is 2. The van der Waals surface area contributed by atoms with Gasteiger partial charge < -0.3 is 19.0 Å².